The summed E-state index contributed by atoms with van der Waals surface area (Å²) in [4.78, 5) is 13.7. The van der Waals surface area contributed by atoms with E-state index in [9.17, 15) is 9.90 Å². The van der Waals surface area contributed by atoms with E-state index in [-0.39, 0.29) is 12.5 Å². The SMILES string of the molecule is CN(C)CC(O)CNC(=O)CCn1ncc2ccc(Cl)cc21. The van der Waals surface area contributed by atoms with E-state index in [4.69, 9.17) is 11.6 Å². The van der Waals surface area contributed by atoms with Gasteiger partial charge < -0.3 is 15.3 Å². The predicted octanol–water partition coefficient (Wildman–Crippen LogP) is 1.12. The number of carbonyl (C=O) groups is 1. The summed E-state index contributed by atoms with van der Waals surface area (Å²) in [6, 6.07) is 5.55. The van der Waals surface area contributed by atoms with Crippen LogP contribution in [0, 0.1) is 0 Å². The number of aliphatic hydroxyl groups excluding tert-OH is 1. The Hall–Kier alpha value is -1.63. The Morgan fingerprint density at radius 3 is 3.00 bits per heavy atom. The van der Waals surface area contributed by atoms with Gasteiger partial charge in [-0.15, -0.1) is 0 Å². The van der Waals surface area contributed by atoms with Crippen LogP contribution in [0.15, 0.2) is 24.4 Å². The van der Waals surface area contributed by atoms with Gasteiger partial charge in [0.15, 0.2) is 0 Å². The number of hydrogen-bond acceptors (Lipinski definition) is 4. The molecule has 1 aromatic heterocycles. The minimum Gasteiger partial charge on any atom is -0.390 e. The Morgan fingerprint density at radius 2 is 2.27 bits per heavy atom. The minimum absolute atomic E-state index is 0.108. The molecular weight excluding hydrogens is 304 g/mol. The van der Waals surface area contributed by atoms with Crippen LogP contribution in [0.1, 0.15) is 6.42 Å². The fourth-order valence-electron chi connectivity index (χ4n) is 2.24. The van der Waals surface area contributed by atoms with E-state index in [2.05, 4.69) is 10.4 Å². The van der Waals surface area contributed by atoms with Gasteiger partial charge in [-0.25, -0.2) is 0 Å². The number of fused-ring (bicyclic) bond motifs is 1. The molecule has 6 nitrogen and oxygen atoms in total. The second-order valence-electron chi connectivity index (χ2n) is 5.54. The molecule has 2 N–H and O–H groups in total. The molecule has 2 rings (SSSR count). The molecule has 1 heterocycles. The van der Waals surface area contributed by atoms with Crippen molar-refractivity contribution in [1.29, 1.82) is 0 Å². The van der Waals surface area contributed by atoms with E-state index in [0.29, 0.717) is 24.5 Å². The number of halogens is 1. The van der Waals surface area contributed by atoms with E-state index >= 15 is 0 Å². The average Bonchev–Trinajstić information content (AvgIpc) is 2.84. The molecule has 1 unspecified atom stereocenters. The Kier molecular flexibility index (Phi) is 5.76. The number of benzene rings is 1. The van der Waals surface area contributed by atoms with Gasteiger partial charge in [0.05, 0.1) is 24.4 Å². The van der Waals surface area contributed by atoms with Gasteiger partial charge in [-0.05, 0) is 32.3 Å². The standard InChI is InChI=1S/C15H21ClN4O2/c1-19(2)10-13(21)9-17-15(22)5-6-20-14-7-12(16)4-3-11(14)8-18-20/h3-4,7-8,13,21H,5-6,9-10H2,1-2H3,(H,17,22). The summed E-state index contributed by atoms with van der Waals surface area (Å²) < 4.78 is 1.76. The van der Waals surface area contributed by atoms with E-state index in [1.807, 2.05) is 37.2 Å². The Morgan fingerprint density at radius 1 is 1.50 bits per heavy atom. The molecule has 1 aromatic carbocycles. The van der Waals surface area contributed by atoms with E-state index in [1.54, 1.807) is 10.9 Å². The Bertz CT molecular complexity index is 642. The number of nitrogens with zero attached hydrogens (tertiary/aromatic N) is 3. The Balaban J connectivity index is 1.84. The molecule has 22 heavy (non-hydrogen) atoms. The molecule has 0 aliphatic carbocycles. The number of aromatic nitrogens is 2. The maximum atomic E-state index is 11.8. The van der Waals surface area contributed by atoms with E-state index in [0.717, 1.165) is 10.9 Å². The van der Waals surface area contributed by atoms with Crippen LogP contribution in [0.4, 0.5) is 0 Å². The number of amides is 1. The molecule has 0 aliphatic heterocycles. The van der Waals surface area contributed by atoms with Crippen molar-refractivity contribution in [3.05, 3.63) is 29.4 Å². The molecule has 0 spiro atoms. The maximum Gasteiger partial charge on any atom is 0.221 e. The van der Waals surface area contributed by atoms with Crippen molar-refractivity contribution in [2.75, 3.05) is 27.2 Å². The minimum atomic E-state index is -0.566. The topological polar surface area (TPSA) is 70.4 Å². The summed E-state index contributed by atoms with van der Waals surface area (Å²) in [6.07, 6.45) is 1.49. The summed E-state index contributed by atoms with van der Waals surface area (Å²) >= 11 is 5.98. The van der Waals surface area contributed by atoms with Crippen molar-refractivity contribution in [3.63, 3.8) is 0 Å². The molecule has 0 saturated carbocycles. The molecule has 0 aliphatic rings. The molecule has 0 fully saturated rings. The lowest BCUT2D eigenvalue weighted by molar-refractivity contribution is -0.121. The highest BCUT2D eigenvalue weighted by Gasteiger charge is 2.09. The summed E-state index contributed by atoms with van der Waals surface area (Å²) in [5.41, 5.74) is 0.910. The zero-order chi connectivity index (χ0) is 16.1. The van der Waals surface area contributed by atoms with Gasteiger partial charge in [0, 0.05) is 29.9 Å². The lowest BCUT2D eigenvalue weighted by atomic mass is 10.2. The third-order valence-corrected chi connectivity index (χ3v) is 3.50. The third kappa shape index (κ3) is 4.69. The molecule has 0 radical (unpaired) electrons. The molecule has 2 aromatic rings. The van der Waals surface area contributed by atoms with E-state index in [1.165, 1.54) is 0 Å². The maximum absolute atomic E-state index is 11.8. The van der Waals surface area contributed by atoms with Crippen molar-refractivity contribution in [3.8, 4) is 0 Å². The number of carbonyl (C=O) groups excluding carboxylic acids is 1. The highest BCUT2D eigenvalue weighted by molar-refractivity contribution is 6.31. The number of hydrogen-bond donors (Lipinski definition) is 2. The number of nitrogens with one attached hydrogen (secondary N) is 1. The van der Waals surface area contributed by atoms with Gasteiger partial charge in [0.25, 0.3) is 0 Å². The molecule has 7 heteroatoms. The summed E-state index contributed by atoms with van der Waals surface area (Å²) in [5.74, 6) is -0.108. The van der Waals surface area contributed by atoms with Gasteiger partial charge in [0.2, 0.25) is 5.91 Å². The number of rotatable bonds is 7. The van der Waals surface area contributed by atoms with Crippen molar-refractivity contribution < 1.29 is 9.90 Å². The van der Waals surface area contributed by atoms with Gasteiger partial charge in [0.1, 0.15) is 0 Å². The number of aryl methyl sites for hydroxylation is 1. The first-order valence-electron chi connectivity index (χ1n) is 7.16. The van der Waals surface area contributed by atoms with Crippen molar-refractivity contribution in [2.45, 2.75) is 19.1 Å². The van der Waals surface area contributed by atoms with Crippen molar-refractivity contribution in [2.24, 2.45) is 0 Å². The van der Waals surface area contributed by atoms with Gasteiger partial charge >= 0.3 is 0 Å². The van der Waals surface area contributed by atoms with Crippen LogP contribution in [0.2, 0.25) is 5.02 Å². The largest absolute Gasteiger partial charge is 0.390 e. The molecule has 0 saturated heterocycles. The highest BCUT2D eigenvalue weighted by Crippen LogP contribution is 2.19. The number of likely N-dealkylation sites (N-methyl/N-ethyl adjacent to an activating group) is 1. The molecule has 0 bridgehead atoms. The smallest absolute Gasteiger partial charge is 0.221 e. The lowest BCUT2D eigenvalue weighted by Crippen LogP contribution is -2.37. The fourth-order valence-corrected chi connectivity index (χ4v) is 2.40. The zero-order valence-corrected chi connectivity index (χ0v) is 13.5. The van der Waals surface area contributed by atoms with Crippen LogP contribution >= 0.6 is 11.6 Å². The van der Waals surface area contributed by atoms with Crippen molar-refractivity contribution >= 4 is 28.4 Å². The normalized spacial score (nSPS) is 12.8. The molecular formula is C15H21ClN4O2. The summed E-state index contributed by atoms with van der Waals surface area (Å²) in [7, 11) is 3.75. The van der Waals surface area contributed by atoms with Gasteiger partial charge in [-0.3, -0.25) is 9.48 Å². The van der Waals surface area contributed by atoms with Crippen LogP contribution in [-0.2, 0) is 11.3 Å². The summed E-state index contributed by atoms with van der Waals surface area (Å²) in [6.45, 7) is 1.24. The van der Waals surface area contributed by atoms with Gasteiger partial charge in [-0.1, -0.05) is 11.6 Å². The first-order valence-corrected chi connectivity index (χ1v) is 7.54. The first kappa shape index (κ1) is 16.7. The van der Waals surface area contributed by atoms with Crippen LogP contribution in [-0.4, -0.2) is 59.0 Å². The molecule has 120 valence electrons. The lowest BCUT2D eigenvalue weighted by Gasteiger charge is -2.16. The quantitative estimate of drug-likeness (QED) is 0.800. The van der Waals surface area contributed by atoms with Crippen LogP contribution in [0.25, 0.3) is 10.9 Å². The highest BCUT2D eigenvalue weighted by atomic mass is 35.5. The fraction of sp³-hybridized carbons (Fsp3) is 0.467. The predicted molar refractivity (Wildman–Crippen MR) is 86.9 cm³/mol. The summed E-state index contributed by atoms with van der Waals surface area (Å²) in [5, 5.41) is 18.3. The van der Waals surface area contributed by atoms with Crippen LogP contribution < -0.4 is 5.32 Å². The monoisotopic (exact) mass is 324 g/mol. The number of aliphatic hydroxyl groups is 1. The molecule has 1 amide bonds. The van der Waals surface area contributed by atoms with E-state index < -0.39 is 6.10 Å². The zero-order valence-electron chi connectivity index (χ0n) is 12.8. The third-order valence-electron chi connectivity index (χ3n) is 3.27. The van der Waals surface area contributed by atoms with Crippen LogP contribution in [0.5, 0.6) is 0 Å². The molecule has 1 atom stereocenters. The average molecular weight is 325 g/mol. The second kappa shape index (κ2) is 7.58. The Labute approximate surface area is 134 Å². The van der Waals surface area contributed by atoms with Crippen LogP contribution in [0.3, 0.4) is 0 Å². The van der Waals surface area contributed by atoms with Crippen molar-refractivity contribution in [1.82, 2.24) is 20.0 Å². The second-order valence-corrected chi connectivity index (χ2v) is 5.98. The first-order chi connectivity index (χ1) is 10.5. The van der Waals surface area contributed by atoms with Gasteiger partial charge in [-0.2, -0.15) is 5.10 Å².